The third kappa shape index (κ3) is 4.92. The molecular weight excluding hydrogens is 362 g/mol. The smallest absolute Gasteiger partial charge is 0.269 e. The Labute approximate surface area is 162 Å². The fraction of sp³-hybridized carbons (Fsp3) is 0.350. The van der Waals surface area contributed by atoms with E-state index in [4.69, 9.17) is 0 Å². The van der Waals surface area contributed by atoms with Gasteiger partial charge in [-0.3, -0.25) is 25.0 Å². The standard InChI is InChI=1S/C20H23N3O5/c24-18-9-10-21(13-18)14-19(16-6-2-1-3-7-16)22(26)20(25)12-15-5-4-8-17(11-15)23(27)28/h1-8,11,18-19,24,26H,9-10,12-14H2/t18-,19+/m0/s1. The van der Waals surface area contributed by atoms with Gasteiger partial charge in [0, 0.05) is 31.8 Å². The second kappa shape index (κ2) is 8.92. The maximum Gasteiger partial charge on any atom is 0.269 e. The van der Waals surface area contributed by atoms with E-state index in [2.05, 4.69) is 0 Å². The van der Waals surface area contributed by atoms with Crippen LogP contribution in [0, 0.1) is 10.1 Å². The van der Waals surface area contributed by atoms with Gasteiger partial charge in [-0.2, -0.15) is 0 Å². The Morgan fingerprint density at radius 1 is 1.25 bits per heavy atom. The van der Waals surface area contributed by atoms with Gasteiger partial charge in [-0.25, -0.2) is 5.06 Å². The molecule has 0 spiro atoms. The van der Waals surface area contributed by atoms with E-state index in [1.54, 1.807) is 6.07 Å². The SMILES string of the molecule is O=C(Cc1cccc([N+](=O)[O-])c1)N(O)[C@H](CN1CC[C@H](O)C1)c1ccccc1. The minimum Gasteiger partial charge on any atom is -0.392 e. The van der Waals surface area contributed by atoms with E-state index >= 15 is 0 Å². The number of non-ortho nitro benzene ring substituents is 1. The molecule has 2 aromatic carbocycles. The van der Waals surface area contributed by atoms with E-state index in [9.17, 15) is 25.2 Å². The number of hydrogen-bond donors (Lipinski definition) is 2. The molecule has 148 valence electrons. The maximum absolute atomic E-state index is 12.7. The lowest BCUT2D eigenvalue weighted by Gasteiger charge is -2.30. The quantitative estimate of drug-likeness (QED) is 0.430. The van der Waals surface area contributed by atoms with Gasteiger partial charge in [-0.15, -0.1) is 0 Å². The van der Waals surface area contributed by atoms with Crippen molar-refractivity contribution >= 4 is 11.6 Å². The minimum absolute atomic E-state index is 0.0968. The molecule has 0 saturated carbocycles. The Bertz CT molecular complexity index is 830. The Balaban J connectivity index is 1.76. The summed E-state index contributed by atoms with van der Waals surface area (Å²) in [7, 11) is 0. The van der Waals surface area contributed by atoms with Crippen LogP contribution >= 0.6 is 0 Å². The van der Waals surface area contributed by atoms with Crippen molar-refractivity contribution in [3.63, 3.8) is 0 Å². The molecule has 0 radical (unpaired) electrons. The Morgan fingerprint density at radius 2 is 2.00 bits per heavy atom. The number of benzene rings is 2. The van der Waals surface area contributed by atoms with E-state index in [-0.39, 0.29) is 12.1 Å². The van der Waals surface area contributed by atoms with Crippen LogP contribution in [0.15, 0.2) is 54.6 Å². The molecule has 2 aromatic rings. The van der Waals surface area contributed by atoms with Gasteiger partial charge in [0.1, 0.15) is 0 Å². The van der Waals surface area contributed by atoms with Gasteiger partial charge in [0.15, 0.2) is 0 Å². The van der Waals surface area contributed by atoms with Gasteiger partial charge in [-0.05, 0) is 17.5 Å². The molecule has 1 aliphatic heterocycles. The fourth-order valence-electron chi connectivity index (χ4n) is 3.43. The molecule has 2 atom stereocenters. The van der Waals surface area contributed by atoms with Crippen LogP contribution in [0.3, 0.4) is 0 Å². The number of β-amino-alcohol motifs (C(OH)–C–C–N with tert-alkyl or cyclic N) is 1. The van der Waals surface area contributed by atoms with Crippen molar-refractivity contribution in [2.24, 2.45) is 0 Å². The third-order valence-electron chi connectivity index (χ3n) is 4.89. The summed E-state index contributed by atoms with van der Waals surface area (Å²) in [6, 6.07) is 14.4. The van der Waals surface area contributed by atoms with Crippen LogP contribution in [-0.4, -0.2) is 56.8 Å². The van der Waals surface area contributed by atoms with Crippen molar-refractivity contribution in [2.45, 2.75) is 25.0 Å². The number of likely N-dealkylation sites (tertiary alicyclic amines) is 1. The molecule has 2 N–H and O–H groups in total. The molecule has 0 bridgehead atoms. The molecule has 1 amide bonds. The maximum atomic E-state index is 12.7. The summed E-state index contributed by atoms with van der Waals surface area (Å²) < 4.78 is 0. The summed E-state index contributed by atoms with van der Waals surface area (Å²) in [5.41, 5.74) is 1.14. The predicted molar refractivity (Wildman–Crippen MR) is 102 cm³/mol. The summed E-state index contributed by atoms with van der Waals surface area (Å²) in [5.74, 6) is -0.547. The first-order valence-corrected chi connectivity index (χ1v) is 9.13. The summed E-state index contributed by atoms with van der Waals surface area (Å²) in [6.45, 7) is 1.58. The molecule has 8 heteroatoms. The number of nitrogens with zero attached hydrogens (tertiary/aromatic N) is 3. The van der Waals surface area contributed by atoms with Gasteiger partial charge in [-0.1, -0.05) is 42.5 Å². The van der Waals surface area contributed by atoms with Crippen LogP contribution in [0.5, 0.6) is 0 Å². The molecule has 0 unspecified atom stereocenters. The first-order chi connectivity index (χ1) is 13.4. The van der Waals surface area contributed by atoms with Crippen molar-refractivity contribution < 1.29 is 20.0 Å². The highest BCUT2D eigenvalue weighted by atomic mass is 16.6. The zero-order valence-corrected chi connectivity index (χ0v) is 15.3. The van der Waals surface area contributed by atoms with Gasteiger partial charge < -0.3 is 5.11 Å². The largest absolute Gasteiger partial charge is 0.392 e. The van der Waals surface area contributed by atoms with Crippen LogP contribution in [0.25, 0.3) is 0 Å². The molecule has 1 heterocycles. The summed E-state index contributed by atoms with van der Waals surface area (Å²) in [5, 5.41) is 32.0. The lowest BCUT2D eigenvalue weighted by atomic mass is 10.0. The third-order valence-corrected chi connectivity index (χ3v) is 4.89. The minimum atomic E-state index is -0.599. The van der Waals surface area contributed by atoms with Crippen LogP contribution in [0.4, 0.5) is 5.69 Å². The number of aliphatic hydroxyl groups is 1. The van der Waals surface area contributed by atoms with Gasteiger partial charge in [0.25, 0.3) is 11.6 Å². The Morgan fingerprint density at radius 3 is 2.64 bits per heavy atom. The summed E-state index contributed by atoms with van der Waals surface area (Å²) in [4.78, 5) is 25.1. The topological polar surface area (TPSA) is 107 Å². The van der Waals surface area contributed by atoms with E-state index in [1.165, 1.54) is 18.2 Å². The molecular formula is C20H23N3O5. The van der Waals surface area contributed by atoms with Crippen molar-refractivity contribution in [3.8, 4) is 0 Å². The predicted octanol–water partition coefficient (Wildman–Crippen LogP) is 2.16. The fourth-order valence-corrected chi connectivity index (χ4v) is 3.43. The molecule has 8 nitrogen and oxygen atoms in total. The number of nitro benzene ring substituents is 1. The molecule has 28 heavy (non-hydrogen) atoms. The molecule has 1 fully saturated rings. The van der Waals surface area contributed by atoms with E-state index in [0.717, 1.165) is 5.56 Å². The van der Waals surface area contributed by atoms with Crippen LogP contribution in [0.1, 0.15) is 23.6 Å². The van der Waals surface area contributed by atoms with Crippen molar-refractivity contribution in [1.82, 2.24) is 9.96 Å². The van der Waals surface area contributed by atoms with Crippen molar-refractivity contribution in [3.05, 3.63) is 75.8 Å². The summed E-state index contributed by atoms with van der Waals surface area (Å²) >= 11 is 0. The zero-order valence-electron chi connectivity index (χ0n) is 15.3. The van der Waals surface area contributed by atoms with Crippen molar-refractivity contribution in [2.75, 3.05) is 19.6 Å². The van der Waals surface area contributed by atoms with E-state index in [1.807, 2.05) is 35.2 Å². The van der Waals surface area contributed by atoms with Crippen LogP contribution in [0.2, 0.25) is 0 Å². The number of hydrogen-bond acceptors (Lipinski definition) is 6. The molecule has 0 aromatic heterocycles. The molecule has 0 aliphatic carbocycles. The Hall–Kier alpha value is -2.81. The number of rotatable bonds is 7. The van der Waals surface area contributed by atoms with Gasteiger partial charge in [0.05, 0.1) is 23.5 Å². The number of amides is 1. The van der Waals surface area contributed by atoms with Crippen molar-refractivity contribution in [1.29, 1.82) is 0 Å². The highest BCUT2D eigenvalue weighted by Gasteiger charge is 2.29. The summed E-state index contributed by atoms with van der Waals surface area (Å²) in [6.07, 6.45) is 0.114. The van der Waals surface area contributed by atoms with E-state index < -0.39 is 23.0 Å². The van der Waals surface area contributed by atoms with Crippen LogP contribution < -0.4 is 0 Å². The monoisotopic (exact) mass is 385 g/mol. The van der Waals surface area contributed by atoms with E-state index in [0.29, 0.717) is 36.7 Å². The number of hydroxylamine groups is 2. The highest BCUT2D eigenvalue weighted by Crippen LogP contribution is 2.24. The number of carbonyl (C=O) groups excluding carboxylic acids is 1. The average molecular weight is 385 g/mol. The number of carbonyl (C=O) groups is 1. The zero-order chi connectivity index (χ0) is 20.1. The second-order valence-electron chi connectivity index (χ2n) is 6.97. The lowest BCUT2D eigenvalue weighted by molar-refractivity contribution is -0.384. The highest BCUT2D eigenvalue weighted by molar-refractivity contribution is 5.78. The first kappa shape index (κ1) is 19.9. The number of aliphatic hydroxyl groups excluding tert-OH is 1. The lowest BCUT2D eigenvalue weighted by Crippen LogP contribution is -2.40. The van der Waals surface area contributed by atoms with Gasteiger partial charge in [0.2, 0.25) is 0 Å². The second-order valence-corrected chi connectivity index (χ2v) is 6.97. The molecule has 1 saturated heterocycles. The van der Waals surface area contributed by atoms with Crippen LogP contribution in [-0.2, 0) is 11.2 Å². The number of nitro groups is 1. The average Bonchev–Trinajstić information content (AvgIpc) is 3.11. The normalized spacial score (nSPS) is 18.0. The Kier molecular flexibility index (Phi) is 6.35. The van der Waals surface area contributed by atoms with Gasteiger partial charge >= 0.3 is 0 Å². The molecule has 3 rings (SSSR count). The molecule has 1 aliphatic rings. The first-order valence-electron chi connectivity index (χ1n) is 9.13.